The van der Waals surface area contributed by atoms with Gasteiger partial charge in [-0.15, -0.1) is 0 Å². The Hall–Kier alpha value is -2.91. The molecule has 2 aliphatic rings. The fourth-order valence-electron chi connectivity index (χ4n) is 4.69. The van der Waals surface area contributed by atoms with Gasteiger partial charge in [0.2, 0.25) is 5.91 Å². The van der Waals surface area contributed by atoms with Gasteiger partial charge >= 0.3 is 6.18 Å². The zero-order valence-corrected chi connectivity index (χ0v) is 20.1. The van der Waals surface area contributed by atoms with Crippen molar-refractivity contribution in [2.75, 3.05) is 7.11 Å². The van der Waals surface area contributed by atoms with E-state index in [1.807, 2.05) is 6.07 Å². The number of hydrogen-bond donors (Lipinski definition) is 1. The number of amides is 1. The van der Waals surface area contributed by atoms with Crippen LogP contribution in [0.1, 0.15) is 42.7 Å². The Kier molecular flexibility index (Phi) is 6.22. The number of aromatic nitrogens is 1. The second kappa shape index (κ2) is 8.64. The van der Waals surface area contributed by atoms with Crippen LogP contribution in [-0.2, 0) is 25.5 Å². The third kappa shape index (κ3) is 4.54. The molecule has 2 fully saturated rings. The van der Waals surface area contributed by atoms with Crippen LogP contribution in [0.15, 0.2) is 27.6 Å². The number of carbonyl (C=O) groups is 1. The molecule has 0 saturated heterocycles. The van der Waals surface area contributed by atoms with Gasteiger partial charge in [0.1, 0.15) is 11.3 Å². The number of rotatable bonds is 6. The molecule has 2 aromatic rings. The summed E-state index contributed by atoms with van der Waals surface area (Å²) < 4.78 is 79.4. The molecular weight excluding hydrogens is 487 g/mol. The predicted octanol–water partition coefficient (Wildman–Crippen LogP) is 3.72. The number of aryl methyl sites for hydroxylation is 2. The lowest BCUT2D eigenvalue weighted by molar-refractivity contribution is -0.139. The molecule has 1 aromatic carbocycles. The Bertz CT molecular complexity index is 1290. The Balaban J connectivity index is 1.68. The Morgan fingerprint density at radius 1 is 1.29 bits per heavy atom. The van der Waals surface area contributed by atoms with Crippen LogP contribution in [0.5, 0.6) is 0 Å². The smallest absolute Gasteiger partial charge is 0.381 e. The number of ether oxygens (including phenoxy) is 1. The molecule has 3 atom stereocenters. The number of methoxy groups -OCH3 is 1. The van der Waals surface area contributed by atoms with E-state index in [4.69, 9.17) is 9.26 Å². The van der Waals surface area contributed by atoms with Crippen molar-refractivity contribution in [1.82, 2.24) is 10.5 Å². The average Bonchev–Trinajstić information content (AvgIpc) is 3.28. The second-order valence-electron chi connectivity index (χ2n) is 9.11. The van der Waals surface area contributed by atoms with Gasteiger partial charge in [0.25, 0.3) is 0 Å². The molecule has 3 unspecified atom stereocenters. The van der Waals surface area contributed by atoms with Gasteiger partial charge in [-0.05, 0) is 57.2 Å². The average molecular weight is 512 g/mol. The number of carbonyl (C=O) groups excluding carboxylic acids is 1. The highest BCUT2D eigenvalue weighted by molar-refractivity contribution is 7.92. The van der Waals surface area contributed by atoms with Crippen LogP contribution in [0.2, 0.25) is 0 Å². The first-order chi connectivity index (χ1) is 16.3. The lowest BCUT2D eigenvalue weighted by atomic mass is 10.0. The molecule has 35 heavy (non-hydrogen) atoms. The van der Waals surface area contributed by atoms with Crippen LogP contribution < -0.4 is 5.32 Å². The van der Waals surface area contributed by atoms with Gasteiger partial charge in [0.05, 0.1) is 39.5 Å². The largest absolute Gasteiger partial charge is 0.417 e. The van der Waals surface area contributed by atoms with E-state index in [0.29, 0.717) is 29.9 Å². The van der Waals surface area contributed by atoms with E-state index in [-0.39, 0.29) is 18.4 Å². The van der Waals surface area contributed by atoms with E-state index in [2.05, 4.69) is 10.5 Å². The number of nitrogens with zero attached hydrogens (tertiary/aromatic N) is 2. The van der Waals surface area contributed by atoms with Crippen molar-refractivity contribution >= 4 is 15.7 Å². The van der Waals surface area contributed by atoms with Crippen molar-refractivity contribution in [2.45, 2.75) is 67.5 Å². The van der Waals surface area contributed by atoms with E-state index in [0.717, 1.165) is 12.1 Å². The Labute approximate surface area is 200 Å². The molecule has 188 valence electrons. The summed E-state index contributed by atoms with van der Waals surface area (Å²) in [6, 6.07) is 5.06. The first kappa shape index (κ1) is 25.2. The van der Waals surface area contributed by atoms with Crippen LogP contribution in [0.3, 0.4) is 0 Å². The number of nitrogens with one attached hydrogen (secondary N) is 1. The minimum atomic E-state index is -4.95. The van der Waals surface area contributed by atoms with Crippen LogP contribution in [-0.4, -0.2) is 43.5 Å². The van der Waals surface area contributed by atoms with E-state index in [9.17, 15) is 31.6 Å². The lowest BCUT2D eigenvalue weighted by Crippen LogP contribution is -2.42. The SMILES string of the molecule is COC1CC(S(=O)(=O)c2ccc(-c3c(C)noc3C)cc2C(F)(F)F)CC1C(=O)NC1(C#N)CC1. The van der Waals surface area contributed by atoms with Crippen molar-refractivity contribution in [2.24, 2.45) is 5.92 Å². The summed E-state index contributed by atoms with van der Waals surface area (Å²) >= 11 is 0. The molecule has 12 heteroatoms. The maximum Gasteiger partial charge on any atom is 0.417 e. The van der Waals surface area contributed by atoms with Gasteiger partial charge in [0, 0.05) is 12.7 Å². The normalized spacial score (nSPS) is 23.6. The molecule has 1 N–H and O–H groups in total. The number of halogens is 3. The topological polar surface area (TPSA) is 122 Å². The van der Waals surface area contributed by atoms with Crippen LogP contribution >= 0.6 is 0 Å². The first-order valence-electron chi connectivity index (χ1n) is 11.0. The fraction of sp³-hybridized carbons (Fsp3) is 0.522. The van der Waals surface area contributed by atoms with Gasteiger partial charge < -0.3 is 14.6 Å². The van der Waals surface area contributed by atoms with E-state index in [1.54, 1.807) is 13.8 Å². The summed E-state index contributed by atoms with van der Waals surface area (Å²) in [6.07, 6.45) is -5.11. The molecule has 2 saturated carbocycles. The maximum atomic E-state index is 14.0. The molecule has 1 amide bonds. The van der Waals surface area contributed by atoms with Crippen LogP contribution in [0.25, 0.3) is 11.1 Å². The van der Waals surface area contributed by atoms with Gasteiger partial charge in [0.15, 0.2) is 9.84 Å². The molecule has 1 aromatic heterocycles. The standard InChI is InChI=1S/C23H24F3N3O5S/c1-12-20(13(2)34-29-12)14-4-5-19(17(8-14)23(24,25)26)35(31,32)15-9-16(18(10-15)33-3)21(30)28-22(11-27)6-7-22/h4-5,8,15-16,18H,6-7,9-10H2,1-3H3,(H,28,30). The van der Waals surface area contributed by atoms with Crippen molar-refractivity contribution in [1.29, 1.82) is 5.26 Å². The third-order valence-corrected chi connectivity index (χ3v) is 9.01. The third-order valence-electron chi connectivity index (χ3n) is 6.78. The van der Waals surface area contributed by atoms with Crippen LogP contribution in [0.4, 0.5) is 13.2 Å². The van der Waals surface area contributed by atoms with Crippen LogP contribution in [0, 0.1) is 31.1 Å². The van der Waals surface area contributed by atoms with E-state index >= 15 is 0 Å². The molecule has 0 bridgehead atoms. The second-order valence-corrected chi connectivity index (χ2v) is 11.3. The summed E-state index contributed by atoms with van der Waals surface area (Å²) in [5.41, 5.74) is -1.37. The van der Waals surface area contributed by atoms with E-state index < -0.39 is 55.2 Å². The van der Waals surface area contributed by atoms with Gasteiger partial charge in [-0.2, -0.15) is 18.4 Å². The number of hydrogen-bond acceptors (Lipinski definition) is 7. The van der Waals surface area contributed by atoms with Crippen molar-refractivity contribution in [3.63, 3.8) is 0 Å². The molecular formula is C23H24F3N3O5S. The first-order valence-corrected chi connectivity index (χ1v) is 12.5. The maximum absolute atomic E-state index is 14.0. The monoisotopic (exact) mass is 511 g/mol. The zero-order valence-electron chi connectivity index (χ0n) is 19.3. The zero-order chi connectivity index (χ0) is 25.8. The molecule has 2 aliphatic carbocycles. The lowest BCUT2D eigenvalue weighted by Gasteiger charge is -2.19. The van der Waals surface area contributed by atoms with Crippen molar-refractivity contribution in [3.8, 4) is 17.2 Å². The Morgan fingerprint density at radius 2 is 1.97 bits per heavy atom. The summed E-state index contributed by atoms with van der Waals surface area (Å²) in [5.74, 6) is -1.12. The predicted molar refractivity (Wildman–Crippen MR) is 117 cm³/mol. The van der Waals surface area contributed by atoms with Gasteiger partial charge in [-0.25, -0.2) is 8.42 Å². The minimum absolute atomic E-state index is 0.136. The van der Waals surface area contributed by atoms with Gasteiger partial charge in [-0.3, -0.25) is 4.79 Å². The highest BCUT2D eigenvalue weighted by Crippen LogP contribution is 2.43. The molecule has 1 heterocycles. The number of benzene rings is 1. The molecule has 0 aliphatic heterocycles. The quantitative estimate of drug-likeness (QED) is 0.627. The summed E-state index contributed by atoms with van der Waals surface area (Å²) in [6.45, 7) is 3.14. The summed E-state index contributed by atoms with van der Waals surface area (Å²) in [5, 5.41) is 14.4. The highest BCUT2D eigenvalue weighted by Gasteiger charge is 2.51. The number of nitriles is 1. The highest BCUT2D eigenvalue weighted by atomic mass is 32.2. The Morgan fingerprint density at radius 3 is 2.49 bits per heavy atom. The van der Waals surface area contributed by atoms with Crippen molar-refractivity contribution in [3.05, 3.63) is 35.2 Å². The number of alkyl halides is 3. The molecule has 8 nitrogen and oxygen atoms in total. The molecule has 4 rings (SSSR count). The van der Waals surface area contributed by atoms with Crippen molar-refractivity contribution < 1.29 is 35.6 Å². The van der Waals surface area contributed by atoms with Gasteiger partial charge in [-0.1, -0.05) is 11.2 Å². The number of sulfone groups is 1. The van der Waals surface area contributed by atoms with E-state index in [1.165, 1.54) is 13.2 Å². The molecule has 0 spiro atoms. The minimum Gasteiger partial charge on any atom is -0.381 e. The summed E-state index contributed by atoms with van der Waals surface area (Å²) in [4.78, 5) is 11.9. The fourth-order valence-corrected chi connectivity index (χ4v) is 6.69. The molecule has 0 radical (unpaired) electrons. The summed E-state index contributed by atoms with van der Waals surface area (Å²) in [7, 11) is -3.17.